The maximum Gasteiger partial charge on any atom is 0.251 e. The Morgan fingerprint density at radius 3 is 2.53 bits per heavy atom. The minimum absolute atomic E-state index is 0. The molecule has 172 valence electrons. The Labute approximate surface area is 207 Å². The van der Waals surface area contributed by atoms with Gasteiger partial charge >= 0.3 is 0 Å². The van der Waals surface area contributed by atoms with Crippen molar-refractivity contribution < 1.29 is 9.53 Å². The number of amides is 1. The van der Waals surface area contributed by atoms with Crippen LogP contribution >= 0.6 is 24.0 Å². The fraction of sp³-hybridized carbons (Fsp3) is 0.417. The number of hydrogen-bond donors (Lipinski definition) is 2. The highest BCUT2D eigenvalue weighted by Gasteiger charge is 2.41. The number of nitrogens with one attached hydrogen (secondary N) is 2. The van der Waals surface area contributed by atoms with Gasteiger partial charge in [-0.25, -0.2) is 0 Å². The molecule has 1 amide bonds. The number of likely N-dealkylation sites (tertiary alicyclic amines) is 1. The number of morpholine rings is 1. The van der Waals surface area contributed by atoms with Gasteiger partial charge in [0.25, 0.3) is 5.91 Å². The lowest BCUT2D eigenvalue weighted by molar-refractivity contribution is -0.0502. The van der Waals surface area contributed by atoms with Gasteiger partial charge in [-0.1, -0.05) is 42.5 Å². The molecule has 7 nitrogen and oxygen atoms in total. The second kappa shape index (κ2) is 11.6. The fourth-order valence-corrected chi connectivity index (χ4v) is 4.38. The van der Waals surface area contributed by atoms with Gasteiger partial charge in [0.2, 0.25) is 0 Å². The van der Waals surface area contributed by atoms with E-state index in [0.717, 1.165) is 44.3 Å². The molecule has 0 aromatic heterocycles. The van der Waals surface area contributed by atoms with Crippen LogP contribution in [0, 0.1) is 0 Å². The molecule has 2 fully saturated rings. The molecule has 0 aliphatic carbocycles. The normalized spacial score (nSPS) is 20.9. The van der Waals surface area contributed by atoms with Gasteiger partial charge in [0.15, 0.2) is 5.96 Å². The van der Waals surface area contributed by atoms with E-state index in [9.17, 15) is 4.79 Å². The van der Waals surface area contributed by atoms with Crippen molar-refractivity contribution in [1.29, 1.82) is 0 Å². The summed E-state index contributed by atoms with van der Waals surface area (Å²) < 4.78 is 6.10. The molecule has 0 spiro atoms. The first-order chi connectivity index (χ1) is 15.2. The summed E-state index contributed by atoms with van der Waals surface area (Å²) in [6.45, 7) is 5.06. The van der Waals surface area contributed by atoms with Crippen molar-refractivity contribution in [3.8, 4) is 0 Å². The molecule has 2 aromatic carbocycles. The molecule has 32 heavy (non-hydrogen) atoms. The first-order valence-electron chi connectivity index (χ1n) is 10.8. The minimum Gasteiger partial charge on any atom is -0.373 e. The van der Waals surface area contributed by atoms with Crippen molar-refractivity contribution in [2.75, 3.05) is 40.3 Å². The molecule has 2 aromatic rings. The van der Waals surface area contributed by atoms with Crippen LogP contribution < -0.4 is 10.6 Å². The van der Waals surface area contributed by atoms with E-state index in [-0.39, 0.29) is 36.0 Å². The third-order valence-corrected chi connectivity index (χ3v) is 6.05. The number of rotatable bonds is 5. The second-order valence-corrected chi connectivity index (χ2v) is 8.01. The number of carbonyl (C=O) groups excluding carboxylic acids is 1. The summed E-state index contributed by atoms with van der Waals surface area (Å²) in [6.07, 6.45) is 0.197. The molecule has 0 bridgehead atoms. The summed E-state index contributed by atoms with van der Waals surface area (Å²) in [5.41, 5.74) is 3.10. The number of halogens is 1. The van der Waals surface area contributed by atoms with Crippen molar-refractivity contribution in [2.24, 2.45) is 4.99 Å². The van der Waals surface area contributed by atoms with E-state index in [2.05, 4.69) is 55.8 Å². The summed E-state index contributed by atoms with van der Waals surface area (Å²) >= 11 is 0. The first-order valence-corrected chi connectivity index (χ1v) is 10.8. The SMILES string of the molecule is CN=C(NCc1ccc(C(=O)NC)cc1)N1CC2OCCN(Cc3ccccc3)C2C1.I. The van der Waals surface area contributed by atoms with E-state index in [0.29, 0.717) is 18.2 Å². The standard InChI is InChI=1S/C24H31N5O2.HI/c1-25-23(30)20-10-8-18(9-11-20)14-27-24(26-2)29-16-21-22(17-29)31-13-12-28(21)15-19-6-4-3-5-7-19;/h3-11,21-22H,12-17H2,1-2H3,(H,25,30)(H,26,27);1H. The lowest BCUT2D eigenvalue weighted by atomic mass is 10.1. The van der Waals surface area contributed by atoms with Crippen LogP contribution in [0.2, 0.25) is 0 Å². The van der Waals surface area contributed by atoms with Crippen molar-refractivity contribution in [2.45, 2.75) is 25.2 Å². The van der Waals surface area contributed by atoms with Crippen LogP contribution in [0.3, 0.4) is 0 Å². The van der Waals surface area contributed by atoms with E-state index < -0.39 is 0 Å². The van der Waals surface area contributed by atoms with Crippen LogP contribution in [0.1, 0.15) is 21.5 Å². The van der Waals surface area contributed by atoms with Gasteiger partial charge < -0.3 is 20.3 Å². The number of carbonyl (C=O) groups is 1. The zero-order valence-electron chi connectivity index (χ0n) is 18.7. The zero-order chi connectivity index (χ0) is 21.6. The van der Waals surface area contributed by atoms with Crippen LogP contribution in [0.15, 0.2) is 59.6 Å². The van der Waals surface area contributed by atoms with Gasteiger partial charge in [0.05, 0.1) is 18.8 Å². The van der Waals surface area contributed by atoms with Gasteiger partial charge in [0, 0.05) is 52.4 Å². The number of benzene rings is 2. The number of guanidine groups is 1. The van der Waals surface area contributed by atoms with E-state index in [1.807, 2.05) is 31.3 Å². The predicted octanol–water partition coefficient (Wildman–Crippen LogP) is 2.32. The fourth-order valence-electron chi connectivity index (χ4n) is 4.38. The Morgan fingerprint density at radius 2 is 1.84 bits per heavy atom. The number of fused-ring (bicyclic) bond motifs is 1. The van der Waals surface area contributed by atoms with Crippen LogP contribution in [-0.4, -0.2) is 74.1 Å². The van der Waals surface area contributed by atoms with E-state index >= 15 is 0 Å². The van der Waals surface area contributed by atoms with Gasteiger partial charge in [0.1, 0.15) is 0 Å². The molecule has 2 unspecified atom stereocenters. The molecule has 2 saturated heterocycles. The molecule has 4 rings (SSSR count). The van der Waals surface area contributed by atoms with Crippen LogP contribution in [0.25, 0.3) is 0 Å². The summed E-state index contributed by atoms with van der Waals surface area (Å²) in [4.78, 5) is 21.0. The maximum atomic E-state index is 11.7. The van der Waals surface area contributed by atoms with Gasteiger partial charge in [-0.05, 0) is 23.3 Å². The second-order valence-electron chi connectivity index (χ2n) is 8.01. The average molecular weight is 549 g/mol. The summed E-state index contributed by atoms with van der Waals surface area (Å²) in [5, 5.41) is 6.11. The Hall–Kier alpha value is -2.17. The molecule has 2 N–H and O–H groups in total. The highest BCUT2D eigenvalue weighted by atomic mass is 127. The number of hydrogen-bond acceptors (Lipinski definition) is 4. The topological polar surface area (TPSA) is 69.2 Å². The molecule has 2 aliphatic rings. The maximum absolute atomic E-state index is 11.7. The Balaban J connectivity index is 0.00000289. The number of ether oxygens (including phenoxy) is 1. The average Bonchev–Trinajstić information content (AvgIpc) is 3.25. The lowest BCUT2D eigenvalue weighted by Gasteiger charge is -2.36. The highest BCUT2D eigenvalue weighted by Crippen LogP contribution is 2.24. The Morgan fingerprint density at radius 1 is 1.09 bits per heavy atom. The van der Waals surface area contributed by atoms with Crippen LogP contribution in [0.5, 0.6) is 0 Å². The van der Waals surface area contributed by atoms with Gasteiger partial charge in [-0.2, -0.15) is 0 Å². The highest BCUT2D eigenvalue weighted by molar-refractivity contribution is 14.0. The quantitative estimate of drug-likeness (QED) is 0.341. The first kappa shape index (κ1) is 24.5. The third-order valence-electron chi connectivity index (χ3n) is 6.05. The Kier molecular flexibility index (Phi) is 8.89. The molecule has 0 radical (unpaired) electrons. The molecule has 2 atom stereocenters. The van der Waals surface area contributed by atoms with Crippen molar-refractivity contribution in [3.05, 3.63) is 71.3 Å². The monoisotopic (exact) mass is 549 g/mol. The third kappa shape index (κ3) is 5.79. The van der Waals surface area contributed by atoms with Crippen LogP contribution in [0.4, 0.5) is 0 Å². The lowest BCUT2D eigenvalue weighted by Crippen LogP contribution is -2.50. The minimum atomic E-state index is -0.0740. The number of aliphatic imine (C=N–C) groups is 1. The number of nitrogens with zero attached hydrogens (tertiary/aromatic N) is 3. The summed E-state index contributed by atoms with van der Waals surface area (Å²) in [6, 6.07) is 18.6. The molecule has 2 aliphatic heterocycles. The van der Waals surface area contributed by atoms with Gasteiger partial charge in [-0.3, -0.25) is 14.7 Å². The van der Waals surface area contributed by atoms with E-state index in [1.54, 1.807) is 7.05 Å². The summed E-state index contributed by atoms with van der Waals surface area (Å²) in [5.74, 6) is 0.808. The molecule has 0 saturated carbocycles. The van der Waals surface area contributed by atoms with Crippen LogP contribution in [-0.2, 0) is 17.8 Å². The van der Waals surface area contributed by atoms with Crippen molar-refractivity contribution in [3.63, 3.8) is 0 Å². The molecular weight excluding hydrogens is 517 g/mol. The zero-order valence-corrected chi connectivity index (χ0v) is 21.0. The van der Waals surface area contributed by atoms with Crippen molar-refractivity contribution in [1.82, 2.24) is 20.4 Å². The Bertz CT molecular complexity index is 906. The molecule has 8 heteroatoms. The smallest absolute Gasteiger partial charge is 0.251 e. The van der Waals surface area contributed by atoms with Crippen molar-refractivity contribution >= 4 is 35.8 Å². The predicted molar refractivity (Wildman–Crippen MR) is 137 cm³/mol. The van der Waals surface area contributed by atoms with Gasteiger partial charge in [-0.15, -0.1) is 24.0 Å². The largest absolute Gasteiger partial charge is 0.373 e. The van der Waals surface area contributed by atoms with E-state index in [1.165, 1.54) is 5.56 Å². The molecular formula is C24H32IN5O2. The van der Waals surface area contributed by atoms with E-state index in [4.69, 9.17) is 4.74 Å². The summed E-state index contributed by atoms with van der Waals surface area (Å²) in [7, 11) is 3.46. The molecule has 2 heterocycles.